The molecule has 0 amide bonds. The molecular weight excluding hydrogens is 791 g/mol. The summed E-state index contributed by atoms with van der Waals surface area (Å²) in [5.74, 6) is 0. The molecule has 0 atom stereocenters. The predicted octanol–water partition coefficient (Wildman–Crippen LogP) is 16.0. The van der Waals surface area contributed by atoms with Crippen molar-refractivity contribution >= 4 is 55.9 Å². The average Bonchev–Trinajstić information content (AvgIpc) is 3.71. The van der Waals surface area contributed by atoms with E-state index in [0.717, 1.165) is 95.3 Å². The summed E-state index contributed by atoms with van der Waals surface area (Å²) >= 11 is 0. The summed E-state index contributed by atoms with van der Waals surface area (Å²) in [6.45, 7) is 0. The van der Waals surface area contributed by atoms with Gasteiger partial charge in [-0.15, -0.1) is 0 Å². The predicted molar refractivity (Wildman–Crippen MR) is 269 cm³/mol. The van der Waals surface area contributed by atoms with Crippen molar-refractivity contribution < 1.29 is 0 Å². The topological polar surface area (TPSA) is 48.1 Å². The van der Waals surface area contributed by atoms with Crippen LogP contribution in [-0.4, -0.2) is 9.55 Å². The Morgan fingerprint density at radius 3 is 1.25 bits per heavy atom. The van der Waals surface area contributed by atoms with E-state index in [0.29, 0.717) is 5.56 Å². The highest BCUT2D eigenvalue weighted by Gasteiger charge is 2.20. The van der Waals surface area contributed by atoms with Crippen LogP contribution >= 0.6 is 0 Å². The second-order valence-electron chi connectivity index (χ2n) is 15.9. The number of benzene rings is 9. The van der Waals surface area contributed by atoms with Gasteiger partial charge in [-0.2, -0.15) is 5.26 Å². The van der Waals surface area contributed by atoms with Crippen molar-refractivity contribution in [3.8, 4) is 45.4 Å². The first-order chi connectivity index (χ1) is 32.2. The lowest BCUT2D eigenvalue weighted by atomic mass is 9.96. The van der Waals surface area contributed by atoms with E-state index in [2.05, 4.69) is 221 Å². The van der Waals surface area contributed by atoms with Crippen LogP contribution in [0, 0.1) is 11.3 Å². The second-order valence-corrected chi connectivity index (χ2v) is 15.9. The molecule has 306 valence electrons. The molecule has 0 spiro atoms. The Morgan fingerprint density at radius 1 is 0.354 bits per heavy atom. The fourth-order valence-electron chi connectivity index (χ4n) is 8.95. The first kappa shape index (κ1) is 38.9. The maximum Gasteiger partial charge on any atom is 0.0998 e. The van der Waals surface area contributed by atoms with E-state index in [4.69, 9.17) is 4.98 Å². The molecule has 2 aromatic heterocycles. The van der Waals surface area contributed by atoms with Gasteiger partial charge in [-0.05, 0) is 127 Å². The summed E-state index contributed by atoms with van der Waals surface area (Å²) in [6.07, 6.45) is 0. The monoisotopic (exact) mass is 831 g/mol. The van der Waals surface area contributed by atoms with E-state index >= 15 is 0 Å². The number of fused-ring (bicyclic) bond motifs is 3. The standard InChI is InChI=1S/C60H41N5/c61-42-46-30-29-45(58-28-16-27-57(62-58)44-17-6-1-7-18-44)39-54(46)43-31-33-51(34-32-43)65-59-37-35-52(63(47-19-8-2-9-20-47)48-21-10-3-11-22-48)40-55(59)56-41-53(36-38-60(56)65)64(49-23-12-4-13-24-49)50-25-14-5-15-26-50/h1-41H. The van der Waals surface area contributed by atoms with Gasteiger partial charge in [0.2, 0.25) is 0 Å². The number of aromatic nitrogens is 2. The highest BCUT2D eigenvalue weighted by molar-refractivity contribution is 6.12. The minimum atomic E-state index is 0.611. The molecule has 11 rings (SSSR count). The van der Waals surface area contributed by atoms with Crippen LogP contribution in [0.1, 0.15) is 5.56 Å². The third-order valence-corrected chi connectivity index (χ3v) is 12.0. The summed E-state index contributed by atoms with van der Waals surface area (Å²) in [4.78, 5) is 9.65. The van der Waals surface area contributed by atoms with Crippen LogP contribution in [0.5, 0.6) is 0 Å². The molecule has 0 bridgehead atoms. The number of nitrogens with zero attached hydrogens (tertiary/aromatic N) is 5. The van der Waals surface area contributed by atoms with Crippen LogP contribution < -0.4 is 9.80 Å². The van der Waals surface area contributed by atoms with Crippen molar-refractivity contribution in [1.82, 2.24) is 9.55 Å². The van der Waals surface area contributed by atoms with Gasteiger partial charge in [0.05, 0.1) is 34.1 Å². The Hall–Kier alpha value is -8.98. The first-order valence-electron chi connectivity index (χ1n) is 21.8. The summed E-state index contributed by atoms with van der Waals surface area (Å²) in [5.41, 5.74) is 15.9. The number of nitriles is 1. The molecule has 0 aliphatic heterocycles. The molecule has 0 saturated carbocycles. The normalized spacial score (nSPS) is 11.1. The lowest BCUT2D eigenvalue weighted by molar-refractivity contribution is 1.18. The third-order valence-electron chi connectivity index (χ3n) is 12.0. The molecule has 5 nitrogen and oxygen atoms in total. The van der Waals surface area contributed by atoms with Crippen molar-refractivity contribution in [2.45, 2.75) is 0 Å². The SMILES string of the molecule is N#Cc1ccc(-c2cccc(-c3ccccc3)n2)cc1-c1ccc(-n2c3ccc(N(c4ccccc4)c4ccccc4)cc3c3cc(N(c4ccccc4)c4ccccc4)ccc32)cc1. The Morgan fingerprint density at radius 2 is 0.785 bits per heavy atom. The van der Waals surface area contributed by atoms with E-state index < -0.39 is 0 Å². The molecule has 5 heteroatoms. The van der Waals surface area contributed by atoms with Gasteiger partial charge in [0.25, 0.3) is 0 Å². The van der Waals surface area contributed by atoms with Gasteiger partial charge >= 0.3 is 0 Å². The number of para-hydroxylation sites is 4. The maximum absolute atomic E-state index is 10.3. The molecule has 11 aromatic rings. The fraction of sp³-hybridized carbons (Fsp3) is 0. The van der Waals surface area contributed by atoms with Gasteiger partial charge in [0.1, 0.15) is 0 Å². The molecule has 2 heterocycles. The fourth-order valence-corrected chi connectivity index (χ4v) is 8.95. The minimum absolute atomic E-state index is 0.611. The van der Waals surface area contributed by atoms with Crippen molar-refractivity contribution in [3.63, 3.8) is 0 Å². The van der Waals surface area contributed by atoms with Crippen LogP contribution in [0.25, 0.3) is 61.1 Å². The molecule has 0 N–H and O–H groups in total. The van der Waals surface area contributed by atoms with Gasteiger partial charge < -0.3 is 14.4 Å². The molecule has 0 aliphatic carbocycles. The van der Waals surface area contributed by atoms with E-state index in [1.165, 1.54) is 0 Å². The third kappa shape index (κ3) is 7.46. The Bertz CT molecular complexity index is 3250. The second kappa shape index (κ2) is 17.1. The number of pyridine rings is 1. The lowest BCUT2D eigenvalue weighted by Crippen LogP contribution is -2.09. The van der Waals surface area contributed by atoms with E-state index in [9.17, 15) is 5.26 Å². The van der Waals surface area contributed by atoms with Crippen molar-refractivity contribution in [2.75, 3.05) is 9.80 Å². The quantitative estimate of drug-likeness (QED) is 0.138. The number of hydrogen-bond donors (Lipinski definition) is 0. The maximum atomic E-state index is 10.3. The zero-order valence-corrected chi connectivity index (χ0v) is 35.4. The summed E-state index contributed by atoms with van der Waals surface area (Å²) in [6, 6.07) is 89.1. The van der Waals surface area contributed by atoms with Crippen molar-refractivity contribution in [2.24, 2.45) is 0 Å². The summed E-state index contributed by atoms with van der Waals surface area (Å²) < 4.78 is 2.35. The number of anilines is 6. The number of hydrogen-bond acceptors (Lipinski definition) is 4. The molecule has 0 unspecified atom stereocenters. The Balaban J connectivity index is 1.06. The van der Waals surface area contributed by atoms with Crippen molar-refractivity contribution in [1.29, 1.82) is 5.26 Å². The van der Waals surface area contributed by atoms with E-state index in [1.807, 2.05) is 48.5 Å². The summed E-state index contributed by atoms with van der Waals surface area (Å²) in [7, 11) is 0. The largest absolute Gasteiger partial charge is 0.310 e. The smallest absolute Gasteiger partial charge is 0.0998 e. The molecule has 0 radical (unpaired) electrons. The van der Waals surface area contributed by atoms with Crippen LogP contribution in [0.15, 0.2) is 249 Å². The molecule has 0 fully saturated rings. The van der Waals surface area contributed by atoms with Crippen LogP contribution in [-0.2, 0) is 0 Å². The van der Waals surface area contributed by atoms with Gasteiger partial charge in [-0.1, -0.05) is 127 Å². The molecule has 9 aromatic carbocycles. The molecule has 0 saturated heterocycles. The first-order valence-corrected chi connectivity index (χ1v) is 21.8. The molecule has 65 heavy (non-hydrogen) atoms. The average molecular weight is 832 g/mol. The van der Waals surface area contributed by atoms with Gasteiger partial charge in [-0.25, -0.2) is 4.98 Å². The van der Waals surface area contributed by atoms with Crippen molar-refractivity contribution in [3.05, 3.63) is 254 Å². The Labute approximate surface area is 378 Å². The van der Waals surface area contributed by atoms with Crippen LogP contribution in [0.3, 0.4) is 0 Å². The van der Waals surface area contributed by atoms with Crippen LogP contribution in [0.4, 0.5) is 34.1 Å². The molecule has 0 aliphatic rings. The van der Waals surface area contributed by atoms with E-state index in [1.54, 1.807) is 0 Å². The zero-order valence-electron chi connectivity index (χ0n) is 35.4. The highest BCUT2D eigenvalue weighted by atomic mass is 15.1. The van der Waals surface area contributed by atoms with Gasteiger partial charge in [0.15, 0.2) is 0 Å². The zero-order chi connectivity index (χ0) is 43.5. The highest BCUT2D eigenvalue weighted by Crippen LogP contribution is 2.43. The number of rotatable bonds is 10. The van der Waals surface area contributed by atoms with Gasteiger partial charge in [0, 0.05) is 67.3 Å². The molecular formula is C60H41N5. The summed E-state index contributed by atoms with van der Waals surface area (Å²) in [5, 5.41) is 12.6. The van der Waals surface area contributed by atoms with Gasteiger partial charge in [-0.3, -0.25) is 0 Å². The minimum Gasteiger partial charge on any atom is -0.310 e. The van der Waals surface area contributed by atoms with Crippen LogP contribution in [0.2, 0.25) is 0 Å². The lowest BCUT2D eigenvalue weighted by Gasteiger charge is -2.26. The van der Waals surface area contributed by atoms with E-state index in [-0.39, 0.29) is 0 Å². The Kier molecular flexibility index (Phi) is 10.2.